The summed E-state index contributed by atoms with van der Waals surface area (Å²) in [4.78, 5) is 10.0. The average Bonchev–Trinajstić information content (AvgIpc) is 2.04. The summed E-state index contributed by atoms with van der Waals surface area (Å²) >= 11 is 3.98. The first-order valence-corrected chi connectivity index (χ1v) is 4.35. The lowest BCUT2D eigenvalue weighted by molar-refractivity contribution is -0.385. The van der Waals surface area contributed by atoms with Crippen molar-refractivity contribution in [2.75, 3.05) is 5.75 Å². The zero-order valence-electron chi connectivity index (χ0n) is 6.80. The van der Waals surface area contributed by atoms with Gasteiger partial charge in [-0.1, -0.05) is 0 Å². The van der Waals surface area contributed by atoms with E-state index < -0.39 is 4.92 Å². The van der Waals surface area contributed by atoms with E-state index in [1.54, 1.807) is 0 Å². The summed E-state index contributed by atoms with van der Waals surface area (Å²) in [6.07, 6.45) is 0.480. The van der Waals surface area contributed by atoms with Gasteiger partial charge in [-0.2, -0.15) is 12.6 Å². The largest absolute Gasteiger partial charge is 0.508 e. The molecule has 1 aromatic carbocycles. The van der Waals surface area contributed by atoms with Gasteiger partial charge in [-0.3, -0.25) is 10.1 Å². The van der Waals surface area contributed by atoms with Crippen LogP contribution in [0.5, 0.6) is 5.75 Å². The van der Waals surface area contributed by atoms with E-state index in [4.69, 9.17) is 5.11 Å². The molecule has 0 atom stereocenters. The molecule has 1 aromatic rings. The van der Waals surface area contributed by atoms with Gasteiger partial charge < -0.3 is 5.11 Å². The molecule has 0 bridgehead atoms. The highest BCUT2D eigenvalue weighted by Gasteiger charge is 2.12. The molecule has 4 nitrogen and oxygen atoms in total. The molecule has 70 valence electrons. The molecular weight excluding hydrogens is 190 g/mol. The summed E-state index contributed by atoms with van der Waals surface area (Å²) in [7, 11) is 0. The van der Waals surface area contributed by atoms with Gasteiger partial charge in [0, 0.05) is 11.6 Å². The highest BCUT2D eigenvalue weighted by atomic mass is 32.1. The molecular formula is C8H9NO3S. The second-order valence-electron chi connectivity index (χ2n) is 2.54. The lowest BCUT2D eigenvalue weighted by Crippen LogP contribution is -1.95. The topological polar surface area (TPSA) is 63.4 Å². The Morgan fingerprint density at radius 1 is 1.54 bits per heavy atom. The van der Waals surface area contributed by atoms with Gasteiger partial charge in [-0.15, -0.1) is 0 Å². The fourth-order valence-corrected chi connectivity index (χ4v) is 1.31. The van der Waals surface area contributed by atoms with Gasteiger partial charge in [0.25, 0.3) is 5.69 Å². The zero-order chi connectivity index (χ0) is 9.84. The van der Waals surface area contributed by atoms with E-state index in [1.165, 1.54) is 18.2 Å². The summed E-state index contributed by atoms with van der Waals surface area (Å²) in [6, 6.07) is 4.00. The smallest absolute Gasteiger partial charge is 0.272 e. The highest BCUT2D eigenvalue weighted by molar-refractivity contribution is 7.80. The first-order valence-electron chi connectivity index (χ1n) is 3.72. The number of nitro benzene ring substituents is 1. The van der Waals surface area contributed by atoms with E-state index >= 15 is 0 Å². The predicted octanol–water partition coefficient (Wildman–Crippen LogP) is 1.77. The fraction of sp³-hybridized carbons (Fsp3) is 0.250. The van der Waals surface area contributed by atoms with E-state index in [9.17, 15) is 10.1 Å². The van der Waals surface area contributed by atoms with Crippen LogP contribution in [0.2, 0.25) is 0 Å². The SMILES string of the molecule is O=[N+]([O-])c1ccc(O)cc1CCS. The molecule has 0 spiro atoms. The van der Waals surface area contributed by atoms with Crippen LogP contribution in [-0.2, 0) is 6.42 Å². The molecule has 0 aliphatic heterocycles. The minimum absolute atomic E-state index is 0.0341. The van der Waals surface area contributed by atoms with Crippen molar-refractivity contribution >= 4 is 18.3 Å². The molecule has 0 radical (unpaired) electrons. The molecule has 0 heterocycles. The van der Waals surface area contributed by atoms with E-state index in [-0.39, 0.29) is 11.4 Å². The van der Waals surface area contributed by atoms with Gasteiger partial charge >= 0.3 is 0 Å². The normalized spacial score (nSPS) is 9.92. The number of aromatic hydroxyl groups is 1. The van der Waals surface area contributed by atoms with Crippen molar-refractivity contribution in [2.24, 2.45) is 0 Å². The van der Waals surface area contributed by atoms with E-state index in [0.29, 0.717) is 17.7 Å². The Morgan fingerprint density at radius 3 is 2.77 bits per heavy atom. The van der Waals surface area contributed by atoms with Gasteiger partial charge in [0.15, 0.2) is 0 Å². The van der Waals surface area contributed by atoms with E-state index in [0.717, 1.165) is 0 Å². The lowest BCUT2D eigenvalue weighted by atomic mass is 10.1. The molecule has 0 saturated heterocycles. The Hall–Kier alpha value is -1.23. The van der Waals surface area contributed by atoms with Gasteiger partial charge in [-0.25, -0.2) is 0 Å². The Kier molecular flexibility index (Phi) is 3.13. The van der Waals surface area contributed by atoms with Crippen molar-refractivity contribution in [3.8, 4) is 5.75 Å². The molecule has 5 heteroatoms. The van der Waals surface area contributed by atoms with Crippen LogP contribution in [-0.4, -0.2) is 15.8 Å². The third kappa shape index (κ3) is 2.35. The van der Waals surface area contributed by atoms with Crippen LogP contribution in [0.15, 0.2) is 18.2 Å². The maximum absolute atomic E-state index is 10.5. The second-order valence-corrected chi connectivity index (χ2v) is 2.99. The van der Waals surface area contributed by atoms with Crippen LogP contribution in [0.3, 0.4) is 0 Å². The van der Waals surface area contributed by atoms with Crippen LogP contribution in [0, 0.1) is 10.1 Å². The number of nitro groups is 1. The van der Waals surface area contributed by atoms with Crippen LogP contribution < -0.4 is 0 Å². The predicted molar refractivity (Wildman–Crippen MR) is 52.3 cm³/mol. The monoisotopic (exact) mass is 199 g/mol. The minimum atomic E-state index is -0.460. The first kappa shape index (κ1) is 9.85. The van der Waals surface area contributed by atoms with Crippen LogP contribution in [0.1, 0.15) is 5.56 Å². The summed E-state index contributed by atoms with van der Waals surface area (Å²) in [5.74, 6) is 0.562. The van der Waals surface area contributed by atoms with Crippen molar-refractivity contribution in [2.45, 2.75) is 6.42 Å². The Morgan fingerprint density at radius 2 is 2.23 bits per heavy atom. The van der Waals surface area contributed by atoms with Gasteiger partial charge in [0.1, 0.15) is 5.75 Å². The number of hydrogen-bond donors (Lipinski definition) is 2. The number of phenols is 1. The molecule has 0 aliphatic carbocycles. The highest BCUT2D eigenvalue weighted by Crippen LogP contribution is 2.23. The van der Waals surface area contributed by atoms with Gasteiger partial charge in [-0.05, 0) is 24.3 Å². The zero-order valence-corrected chi connectivity index (χ0v) is 7.70. The lowest BCUT2D eigenvalue weighted by Gasteiger charge is -2.00. The van der Waals surface area contributed by atoms with E-state index in [2.05, 4.69) is 12.6 Å². The van der Waals surface area contributed by atoms with Crippen molar-refractivity contribution in [3.63, 3.8) is 0 Å². The molecule has 0 unspecified atom stereocenters. The second kappa shape index (κ2) is 4.13. The van der Waals surface area contributed by atoms with Crippen LogP contribution in [0.25, 0.3) is 0 Å². The molecule has 0 saturated carbocycles. The average molecular weight is 199 g/mol. The third-order valence-electron chi connectivity index (χ3n) is 1.64. The van der Waals surface area contributed by atoms with Crippen LogP contribution in [0.4, 0.5) is 5.69 Å². The molecule has 13 heavy (non-hydrogen) atoms. The van der Waals surface area contributed by atoms with Gasteiger partial charge in [0.05, 0.1) is 4.92 Å². The standard InChI is InChI=1S/C8H9NO3S/c10-7-1-2-8(9(11)12)6(5-7)3-4-13/h1-2,5,10,13H,3-4H2. The van der Waals surface area contributed by atoms with Crippen molar-refractivity contribution < 1.29 is 10.0 Å². The Balaban J connectivity index is 3.10. The first-order chi connectivity index (χ1) is 6.15. The van der Waals surface area contributed by atoms with Crippen molar-refractivity contribution in [1.82, 2.24) is 0 Å². The number of aryl methyl sites for hydroxylation is 1. The van der Waals surface area contributed by atoms with Crippen molar-refractivity contribution in [1.29, 1.82) is 0 Å². The quantitative estimate of drug-likeness (QED) is 0.443. The minimum Gasteiger partial charge on any atom is -0.508 e. The van der Waals surface area contributed by atoms with Crippen LogP contribution >= 0.6 is 12.6 Å². The number of rotatable bonds is 3. The maximum Gasteiger partial charge on any atom is 0.272 e. The fourth-order valence-electron chi connectivity index (χ4n) is 1.07. The van der Waals surface area contributed by atoms with Gasteiger partial charge in [0.2, 0.25) is 0 Å². The molecule has 1 rings (SSSR count). The summed E-state index contributed by atoms with van der Waals surface area (Å²) in [6.45, 7) is 0. The molecule has 1 N–H and O–H groups in total. The maximum atomic E-state index is 10.5. The molecule has 0 amide bonds. The van der Waals surface area contributed by atoms with Crippen molar-refractivity contribution in [3.05, 3.63) is 33.9 Å². The third-order valence-corrected chi connectivity index (χ3v) is 1.86. The number of hydrogen-bond acceptors (Lipinski definition) is 4. The number of phenolic OH excluding ortho intramolecular Hbond substituents is 1. The molecule has 0 aromatic heterocycles. The summed E-state index contributed by atoms with van der Waals surface area (Å²) in [5.41, 5.74) is 0.548. The number of thiol groups is 1. The number of nitrogens with zero attached hydrogens (tertiary/aromatic N) is 1. The van der Waals surface area contributed by atoms with E-state index in [1.807, 2.05) is 0 Å². The molecule has 0 fully saturated rings. The Bertz CT molecular complexity index is 327. The Labute approximate surface area is 80.8 Å². The summed E-state index contributed by atoms with van der Waals surface area (Å²) in [5, 5.41) is 19.6. The summed E-state index contributed by atoms with van der Waals surface area (Å²) < 4.78 is 0. The molecule has 0 aliphatic rings. The number of benzene rings is 1.